The quantitative estimate of drug-likeness (QED) is 0.886. The van der Waals surface area contributed by atoms with Crippen LogP contribution in [0, 0.1) is 0 Å². The summed E-state index contributed by atoms with van der Waals surface area (Å²) in [6.07, 6.45) is 5.65. The summed E-state index contributed by atoms with van der Waals surface area (Å²) in [5.74, 6) is 1.91. The minimum atomic E-state index is 0.147. The summed E-state index contributed by atoms with van der Waals surface area (Å²) >= 11 is 1.85. The molecule has 2 aromatic heterocycles. The van der Waals surface area contributed by atoms with Crippen LogP contribution < -0.4 is 5.32 Å². The van der Waals surface area contributed by atoms with E-state index in [9.17, 15) is 0 Å². The van der Waals surface area contributed by atoms with Gasteiger partial charge in [0.2, 0.25) is 0 Å². The molecule has 0 amide bonds. The second-order valence-corrected chi connectivity index (χ2v) is 6.79. The van der Waals surface area contributed by atoms with Crippen molar-refractivity contribution in [1.29, 1.82) is 0 Å². The molecule has 0 aliphatic heterocycles. The van der Waals surface area contributed by atoms with Gasteiger partial charge in [0.25, 0.3) is 0 Å². The number of anilines is 1. The number of hydrogen-bond donors (Lipinski definition) is 1. The number of rotatable bonds is 6. The second kappa shape index (κ2) is 6.28. The van der Waals surface area contributed by atoms with E-state index in [1.54, 1.807) is 7.11 Å². The smallest absolute Gasteiger partial charge is 0.138 e. The fourth-order valence-electron chi connectivity index (χ4n) is 2.84. The lowest BCUT2D eigenvalue weighted by Crippen LogP contribution is -2.13. The van der Waals surface area contributed by atoms with E-state index in [1.165, 1.54) is 35.1 Å². The van der Waals surface area contributed by atoms with Crippen molar-refractivity contribution in [3.8, 4) is 0 Å². The Labute approximate surface area is 129 Å². The molecule has 114 valence electrons. The molecule has 0 fully saturated rings. The molecular weight excluding hydrogens is 282 g/mol. The van der Waals surface area contributed by atoms with Crippen LogP contribution in [0.1, 0.15) is 43.0 Å². The molecule has 0 saturated heterocycles. The average Bonchev–Trinajstić information content (AvgIpc) is 3.04. The molecule has 21 heavy (non-hydrogen) atoms. The zero-order valence-electron chi connectivity index (χ0n) is 13.0. The van der Waals surface area contributed by atoms with Gasteiger partial charge in [0.05, 0.1) is 11.5 Å². The maximum Gasteiger partial charge on any atom is 0.138 e. The maximum absolute atomic E-state index is 5.35. The zero-order chi connectivity index (χ0) is 14.8. The summed E-state index contributed by atoms with van der Waals surface area (Å²) in [6, 6.07) is 0. The van der Waals surface area contributed by atoms with Crippen molar-refractivity contribution >= 4 is 27.4 Å². The van der Waals surface area contributed by atoms with Gasteiger partial charge in [0, 0.05) is 25.0 Å². The van der Waals surface area contributed by atoms with Crippen LogP contribution in [0.15, 0.2) is 0 Å². The summed E-state index contributed by atoms with van der Waals surface area (Å²) in [5, 5.41) is 4.77. The minimum absolute atomic E-state index is 0.147. The Morgan fingerprint density at radius 3 is 2.95 bits per heavy atom. The minimum Gasteiger partial charge on any atom is -0.381 e. The summed E-state index contributed by atoms with van der Waals surface area (Å²) in [6.45, 7) is 5.19. The van der Waals surface area contributed by atoms with Gasteiger partial charge < -0.3 is 10.1 Å². The van der Waals surface area contributed by atoms with Crippen LogP contribution in [0.25, 0.3) is 10.2 Å². The monoisotopic (exact) mass is 305 g/mol. The number of ether oxygens (including phenoxy) is 1. The van der Waals surface area contributed by atoms with E-state index in [0.29, 0.717) is 0 Å². The molecule has 0 spiro atoms. The van der Waals surface area contributed by atoms with Crippen LogP contribution in [0.4, 0.5) is 5.82 Å². The highest BCUT2D eigenvalue weighted by Crippen LogP contribution is 2.39. The number of nitrogens with one attached hydrogen (secondary N) is 1. The third kappa shape index (κ3) is 2.90. The number of methoxy groups -OCH3 is 1. The molecule has 3 rings (SSSR count). The highest BCUT2D eigenvalue weighted by molar-refractivity contribution is 7.19. The lowest BCUT2D eigenvalue weighted by molar-refractivity contribution is 0.117. The van der Waals surface area contributed by atoms with Crippen LogP contribution in [0.2, 0.25) is 0 Å². The number of aryl methyl sites for hydroxylation is 2. The van der Waals surface area contributed by atoms with Gasteiger partial charge in [-0.3, -0.25) is 0 Å². The normalized spacial score (nSPS) is 15.4. The van der Waals surface area contributed by atoms with Crippen LogP contribution in [0.5, 0.6) is 0 Å². The van der Waals surface area contributed by atoms with Gasteiger partial charge in [-0.1, -0.05) is 6.92 Å². The molecule has 1 aliphatic rings. The molecule has 1 atom stereocenters. The van der Waals surface area contributed by atoms with E-state index in [1.807, 2.05) is 11.3 Å². The average molecular weight is 305 g/mol. The maximum atomic E-state index is 5.35. The van der Waals surface area contributed by atoms with Crippen molar-refractivity contribution in [3.63, 3.8) is 0 Å². The Morgan fingerprint density at radius 2 is 2.19 bits per heavy atom. The summed E-state index contributed by atoms with van der Waals surface area (Å²) < 4.78 is 5.35. The fourth-order valence-corrected chi connectivity index (χ4v) is 4.12. The van der Waals surface area contributed by atoms with Gasteiger partial charge >= 0.3 is 0 Å². The first-order valence-electron chi connectivity index (χ1n) is 7.80. The SMILES string of the molecule is CCCNc1nc(CC(C)OC)nc2sc3c(c12)CCC3. The first kappa shape index (κ1) is 14.7. The van der Waals surface area contributed by atoms with Gasteiger partial charge in [-0.25, -0.2) is 9.97 Å². The predicted octanol–water partition coefficient (Wildman–Crippen LogP) is 3.58. The summed E-state index contributed by atoms with van der Waals surface area (Å²) in [4.78, 5) is 12.2. The van der Waals surface area contributed by atoms with Gasteiger partial charge in [-0.2, -0.15) is 0 Å². The highest BCUT2D eigenvalue weighted by atomic mass is 32.1. The Balaban J connectivity index is 2.04. The van der Waals surface area contributed by atoms with Gasteiger partial charge in [0.1, 0.15) is 16.5 Å². The standard InChI is InChI=1S/C16H23N3OS/c1-4-8-17-15-14-11-6-5-7-12(11)21-16(14)19-13(18-15)9-10(2)20-3/h10H,4-9H2,1-3H3,(H,17,18,19). The van der Waals surface area contributed by atoms with E-state index in [2.05, 4.69) is 19.2 Å². The van der Waals surface area contributed by atoms with Crippen LogP contribution in [-0.4, -0.2) is 29.7 Å². The fraction of sp³-hybridized carbons (Fsp3) is 0.625. The number of hydrogen-bond acceptors (Lipinski definition) is 5. The molecule has 0 aromatic carbocycles. The topological polar surface area (TPSA) is 47.0 Å². The summed E-state index contributed by atoms with van der Waals surface area (Å²) in [5.41, 5.74) is 1.49. The van der Waals surface area contributed by atoms with Crippen LogP contribution in [-0.2, 0) is 24.0 Å². The van der Waals surface area contributed by atoms with Crippen LogP contribution in [0.3, 0.4) is 0 Å². The van der Waals surface area contributed by atoms with Crippen molar-refractivity contribution in [2.75, 3.05) is 19.0 Å². The van der Waals surface area contributed by atoms with Crippen molar-refractivity contribution < 1.29 is 4.74 Å². The van der Waals surface area contributed by atoms with E-state index in [-0.39, 0.29) is 6.10 Å². The van der Waals surface area contributed by atoms with Gasteiger partial charge in [-0.05, 0) is 38.2 Å². The lowest BCUT2D eigenvalue weighted by atomic mass is 10.2. The Kier molecular flexibility index (Phi) is 4.40. The lowest BCUT2D eigenvalue weighted by Gasteiger charge is -2.11. The van der Waals surface area contributed by atoms with E-state index in [4.69, 9.17) is 14.7 Å². The zero-order valence-corrected chi connectivity index (χ0v) is 13.8. The van der Waals surface area contributed by atoms with Crippen molar-refractivity contribution in [2.24, 2.45) is 0 Å². The molecule has 0 radical (unpaired) electrons. The van der Waals surface area contributed by atoms with Crippen molar-refractivity contribution in [3.05, 3.63) is 16.3 Å². The molecule has 1 aliphatic carbocycles. The summed E-state index contributed by atoms with van der Waals surface area (Å²) in [7, 11) is 1.74. The third-order valence-corrected chi connectivity index (χ3v) is 5.21. The molecular formula is C16H23N3OS. The number of thiophene rings is 1. The Hall–Kier alpha value is -1.20. The molecule has 1 unspecified atom stereocenters. The molecule has 0 bridgehead atoms. The molecule has 4 nitrogen and oxygen atoms in total. The Bertz CT molecular complexity index is 638. The first-order chi connectivity index (χ1) is 10.2. The van der Waals surface area contributed by atoms with E-state index in [0.717, 1.165) is 35.9 Å². The first-order valence-corrected chi connectivity index (χ1v) is 8.62. The van der Waals surface area contributed by atoms with Crippen molar-refractivity contribution in [2.45, 2.75) is 52.1 Å². The molecule has 5 heteroatoms. The molecule has 2 heterocycles. The number of nitrogens with zero attached hydrogens (tertiary/aromatic N) is 2. The van der Waals surface area contributed by atoms with Crippen molar-refractivity contribution in [1.82, 2.24) is 9.97 Å². The number of aromatic nitrogens is 2. The predicted molar refractivity (Wildman–Crippen MR) is 88.4 cm³/mol. The second-order valence-electron chi connectivity index (χ2n) is 5.70. The third-order valence-electron chi connectivity index (χ3n) is 4.03. The van der Waals surface area contributed by atoms with Gasteiger partial charge in [-0.15, -0.1) is 11.3 Å². The van der Waals surface area contributed by atoms with E-state index >= 15 is 0 Å². The molecule has 0 saturated carbocycles. The Morgan fingerprint density at radius 1 is 1.33 bits per heavy atom. The largest absolute Gasteiger partial charge is 0.381 e. The molecule has 1 N–H and O–H groups in total. The number of fused-ring (bicyclic) bond motifs is 3. The van der Waals surface area contributed by atoms with Gasteiger partial charge in [0.15, 0.2) is 0 Å². The van der Waals surface area contributed by atoms with E-state index < -0.39 is 0 Å². The molecule has 2 aromatic rings. The highest BCUT2D eigenvalue weighted by Gasteiger charge is 2.22. The van der Waals surface area contributed by atoms with Crippen LogP contribution >= 0.6 is 11.3 Å².